The first kappa shape index (κ1) is 10.9. The quantitative estimate of drug-likeness (QED) is 0.566. The molecule has 0 aliphatic heterocycles. The van der Waals surface area contributed by atoms with E-state index in [4.69, 9.17) is 0 Å². The van der Waals surface area contributed by atoms with Crippen LogP contribution in [-0.2, 0) is 0 Å². The molecule has 0 amide bonds. The molecule has 0 aromatic carbocycles. The highest BCUT2D eigenvalue weighted by atomic mass is 16.3. The van der Waals surface area contributed by atoms with E-state index in [1.807, 2.05) is 21.0 Å². The fraction of sp³-hybridized carbons (Fsp3) is 1.00. The molecule has 0 aromatic rings. The number of nitrogens with one attached hydrogen (secondary N) is 1. The number of hydrogen-bond donors (Lipinski definition) is 2. The summed E-state index contributed by atoms with van der Waals surface area (Å²) in [5, 5.41) is 12.6. The Morgan fingerprint density at radius 1 is 1.45 bits per heavy atom. The van der Waals surface area contributed by atoms with Crippen LogP contribution in [0.4, 0.5) is 0 Å². The first-order valence-corrected chi connectivity index (χ1v) is 4.10. The molecule has 3 heteroatoms. The normalized spacial score (nSPS) is 16.9. The Labute approximate surface area is 69.4 Å². The summed E-state index contributed by atoms with van der Waals surface area (Å²) in [7, 11) is 4.00. The molecule has 0 aliphatic carbocycles. The molecule has 0 fully saturated rings. The highest BCUT2D eigenvalue weighted by Crippen LogP contribution is 2.03. The van der Waals surface area contributed by atoms with Crippen LogP contribution >= 0.6 is 0 Å². The monoisotopic (exact) mass is 160 g/mol. The van der Waals surface area contributed by atoms with Gasteiger partial charge in [0.15, 0.2) is 0 Å². The molecule has 0 aliphatic rings. The first-order chi connectivity index (χ1) is 4.98. The third-order valence-corrected chi connectivity index (χ3v) is 1.60. The number of hydrogen-bond acceptors (Lipinski definition) is 3. The van der Waals surface area contributed by atoms with Gasteiger partial charge in [0, 0.05) is 13.0 Å². The largest absolute Gasteiger partial charge is 0.376 e. The molecule has 11 heavy (non-hydrogen) atoms. The Bertz CT molecular complexity index is 102. The summed E-state index contributed by atoms with van der Waals surface area (Å²) in [6.07, 6.45) is 0.758. The lowest BCUT2D eigenvalue weighted by Gasteiger charge is -2.25. The zero-order valence-electron chi connectivity index (χ0n) is 8.02. The average molecular weight is 160 g/mol. The van der Waals surface area contributed by atoms with Gasteiger partial charge in [0.25, 0.3) is 0 Å². The van der Waals surface area contributed by atoms with Crippen molar-refractivity contribution >= 4 is 0 Å². The molecule has 1 atom stereocenters. The van der Waals surface area contributed by atoms with Crippen LogP contribution in [0.3, 0.4) is 0 Å². The van der Waals surface area contributed by atoms with Crippen molar-refractivity contribution in [1.82, 2.24) is 10.2 Å². The summed E-state index contributed by atoms with van der Waals surface area (Å²) in [5.41, 5.74) is -0.709. The van der Waals surface area contributed by atoms with Gasteiger partial charge in [-0.3, -0.25) is 5.32 Å². The van der Waals surface area contributed by atoms with E-state index in [0.29, 0.717) is 0 Å². The predicted octanol–water partition coefficient (Wildman–Crippen LogP) is 0.256. The number of nitrogens with zero attached hydrogens (tertiary/aromatic N) is 1. The topological polar surface area (TPSA) is 35.5 Å². The fourth-order valence-electron chi connectivity index (χ4n) is 0.911. The van der Waals surface area contributed by atoms with Crippen LogP contribution in [0.15, 0.2) is 0 Å². The summed E-state index contributed by atoms with van der Waals surface area (Å²) in [5.74, 6) is 0. The van der Waals surface area contributed by atoms with Crippen LogP contribution in [0.25, 0.3) is 0 Å². The van der Waals surface area contributed by atoms with Crippen LogP contribution in [0, 0.1) is 0 Å². The van der Waals surface area contributed by atoms with E-state index in [1.165, 1.54) is 0 Å². The zero-order chi connectivity index (χ0) is 8.91. The molecular formula is C8H20N2O. The molecule has 3 nitrogen and oxygen atoms in total. The van der Waals surface area contributed by atoms with Gasteiger partial charge >= 0.3 is 0 Å². The van der Waals surface area contributed by atoms with Gasteiger partial charge in [0.05, 0.1) is 0 Å². The van der Waals surface area contributed by atoms with E-state index in [9.17, 15) is 5.11 Å². The van der Waals surface area contributed by atoms with Gasteiger partial charge in [0.1, 0.15) is 5.72 Å². The molecule has 0 rings (SSSR count). The summed E-state index contributed by atoms with van der Waals surface area (Å²) >= 11 is 0. The maximum Gasteiger partial charge on any atom is 0.114 e. The third kappa shape index (κ3) is 6.28. The van der Waals surface area contributed by atoms with Crippen LogP contribution < -0.4 is 5.32 Å². The van der Waals surface area contributed by atoms with Gasteiger partial charge in [-0.15, -0.1) is 0 Å². The maximum absolute atomic E-state index is 9.63. The molecule has 0 heterocycles. The van der Waals surface area contributed by atoms with Crippen LogP contribution in [0.5, 0.6) is 0 Å². The molecule has 2 N–H and O–H groups in total. The minimum absolute atomic E-state index is 0.709. The second-order valence-corrected chi connectivity index (χ2v) is 3.36. The highest BCUT2D eigenvalue weighted by Gasteiger charge is 2.17. The van der Waals surface area contributed by atoms with Gasteiger partial charge < -0.3 is 10.0 Å². The van der Waals surface area contributed by atoms with E-state index in [2.05, 4.69) is 10.2 Å². The van der Waals surface area contributed by atoms with Crippen molar-refractivity contribution in [2.75, 3.05) is 27.2 Å². The van der Waals surface area contributed by atoms with Gasteiger partial charge in [-0.05, 0) is 27.6 Å². The number of rotatable bonds is 5. The molecule has 0 saturated carbocycles. The summed E-state index contributed by atoms with van der Waals surface area (Å²) in [6.45, 7) is 5.50. The Morgan fingerprint density at radius 2 is 2.00 bits per heavy atom. The SMILES string of the molecule is CCNC(C)(O)CCN(C)C. The van der Waals surface area contributed by atoms with Crippen molar-refractivity contribution in [3.05, 3.63) is 0 Å². The van der Waals surface area contributed by atoms with Crippen molar-refractivity contribution in [3.8, 4) is 0 Å². The van der Waals surface area contributed by atoms with E-state index in [0.717, 1.165) is 19.5 Å². The van der Waals surface area contributed by atoms with Gasteiger partial charge in [-0.1, -0.05) is 6.92 Å². The van der Waals surface area contributed by atoms with E-state index >= 15 is 0 Å². The van der Waals surface area contributed by atoms with Crippen molar-refractivity contribution in [3.63, 3.8) is 0 Å². The van der Waals surface area contributed by atoms with Crippen molar-refractivity contribution < 1.29 is 5.11 Å². The van der Waals surface area contributed by atoms with Crippen molar-refractivity contribution in [1.29, 1.82) is 0 Å². The summed E-state index contributed by atoms with van der Waals surface area (Å²) < 4.78 is 0. The van der Waals surface area contributed by atoms with Crippen LogP contribution in [0.1, 0.15) is 20.3 Å². The summed E-state index contributed by atoms with van der Waals surface area (Å²) in [4.78, 5) is 2.06. The van der Waals surface area contributed by atoms with Gasteiger partial charge in [0.2, 0.25) is 0 Å². The van der Waals surface area contributed by atoms with E-state index < -0.39 is 5.72 Å². The lowest BCUT2D eigenvalue weighted by Crippen LogP contribution is -2.44. The van der Waals surface area contributed by atoms with Gasteiger partial charge in [-0.2, -0.15) is 0 Å². The Morgan fingerprint density at radius 3 is 2.36 bits per heavy atom. The molecule has 68 valence electrons. The first-order valence-electron chi connectivity index (χ1n) is 4.10. The molecule has 1 unspecified atom stereocenters. The van der Waals surface area contributed by atoms with E-state index in [1.54, 1.807) is 6.92 Å². The molecular weight excluding hydrogens is 140 g/mol. The minimum atomic E-state index is -0.709. The predicted molar refractivity (Wildman–Crippen MR) is 47.5 cm³/mol. The second-order valence-electron chi connectivity index (χ2n) is 3.36. The summed E-state index contributed by atoms with van der Waals surface area (Å²) in [6, 6.07) is 0. The Hall–Kier alpha value is -0.120. The molecule has 0 saturated heterocycles. The van der Waals surface area contributed by atoms with Gasteiger partial charge in [-0.25, -0.2) is 0 Å². The smallest absolute Gasteiger partial charge is 0.114 e. The lowest BCUT2D eigenvalue weighted by molar-refractivity contribution is 0.0118. The minimum Gasteiger partial charge on any atom is -0.376 e. The van der Waals surface area contributed by atoms with Crippen molar-refractivity contribution in [2.24, 2.45) is 0 Å². The average Bonchev–Trinajstić information content (AvgIpc) is 1.84. The molecule has 0 radical (unpaired) electrons. The third-order valence-electron chi connectivity index (χ3n) is 1.60. The Kier molecular flexibility index (Phi) is 4.65. The second kappa shape index (κ2) is 4.70. The number of aliphatic hydroxyl groups is 1. The molecule has 0 bridgehead atoms. The maximum atomic E-state index is 9.63. The molecule has 0 aromatic heterocycles. The van der Waals surface area contributed by atoms with Crippen LogP contribution in [0.2, 0.25) is 0 Å². The standard InChI is InChI=1S/C8H20N2O/c1-5-9-8(2,11)6-7-10(3)4/h9,11H,5-7H2,1-4H3. The Balaban J connectivity index is 3.54. The fourth-order valence-corrected chi connectivity index (χ4v) is 0.911. The zero-order valence-corrected chi connectivity index (χ0v) is 8.02. The van der Waals surface area contributed by atoms with Crippen molar-refractivity contribution in [2.45, 2.75) is 26.0 Å². The van der Waals surface area contributed by atoms with E-state index in [-0.39, 0.29) is 0 Å². The van der Waals surface area contributed by atoms with Crippen LogP contribution in [-0.4, -0.2) is 42.9 Å². The highest BCUT2D eigenvalue weighted by molar-refractivity contribution is 4.69. The lowest BCUT2D eigenvalue weighted by atomic mass is 10.1. The molecule has 0 spiro atoms.